The molecule has 0 aliphatic rings. The molecule has 0 saturated carbocycles. The first-order valence-electron chi connectivity index (χ1n) is 9.45. The van der Waals surface area contributed by atoms with Crippen LogP contribution in [0.2, 0.25) is 0 Å². The van der Waals surface area contributed by atoms with Gasteiger partial charge in [0.25, 0.3) is 0 Å². The smallest absolute Gasteiger partial charge is 0.317 e. The van der Waals surface area contributed by atoms with Gasteiger partial charge in [-0.2, -0.15) is 5.10 Å². The standard InChI is InChI=1S/C21H27N5O2/c1-15-7-5-8-19(11-15)26-14-18(12-23-26)13-25(4)21(27)22-10-6-9-20-16(2)24-28-17(20)3/h5,7-8,11-12,14H,6,9-10,13H2,1-4H3,(H,22,27). The summed E-state index contributed by atoms with van der Waals surface area (Å²) in [5.41, 5.74) is 5.23. The third kappa shape index (κ3) is 4.79. The molecule has 0 saturated heterocycles. The average Bonchev–Trinajstić information content (AvgIpc) is 3.26. The molecule has 3 aromatic rings. The minimum atomic E-state index is -0.0953. The highest BCUT2D eigenvalue weighted by Crippen LogP contribution is 2.14. The van der Waals surface area contributed by atoms with E-state index in [1.807, 2.05) is 36.9 Å². The van der Waals surface area contributed by atoms with Crippen LogP contribution in [0, 0.1) is 20.8 Å². The second-order valence-corrected chi connectivity index (χ2v) is 7.13. The molecule has 0 bridgehead atoms. The molecule has 1 aromatic carbocycles. The number of aromatic nitrogens is 3. The van der Waals surface area contributed by atoms with Gasteiger partial charge in [-0.25, -0.2) is 9.48 Å². The van der Waals surface area contributed by atoms with Crippen molar-refractivity contribution in [2.75, 3.05) is 13.6 Å². The molecule has 7 nitrogen and oxygen atoms in total. The summed E-state index contributed by atoms with van der Waals surface area (Å²) in [6, 6.07) is 8.05. The topological polar surface area (TPSA) is 76.2 Å². The van der Waals surface area contributed by atoms with Crippen molar-refractivity contribution in [3.05, 3.63) is 64.8 Å². The Morgan fingerprint density at radius 3 is 2.82 bits per heavy atom. The van der Waals surface area contributed by atoms with Crippen molar-refractivity contribution in [2.45, 2.75) is 40.2 Å². The second kappa shape index (κ2) is 8.73. The molecule has 1 N–H and O–H groups in total. The van der Waals surface area contributed by atoms with Crippen molar-refractivity contribution < 1.29 is 9.32 Å². The lowest BCUT2D eigenvalue weighted by molar-refractivity contribution is 0.207. The number of rotatable bonds is 7. The zero-order chi connectivity index (χ0) is 20.1. The Bertz CT molecular complexity index is 924. The average molecular weight is 381 g/mol. The fourth-order valence-electron chi connectivity index (χ4n) is 3.15. The Morgan fingerprint density at radius 2 is 2.11 bits per heavy atom. The van der Waals surface area contributed by atoms with E-state index in [0.717, 1.165) is 41.1 Å². The number of nitrogens with one attached hydrogen (secondary N) is 1. The number of aryl methyl sites for hydroxylation is 3. The first-order valence-corrected chi connectivity index (χ1v) is 9.45. The van der Waals surface area contributed by atoms with Crippen LogP contribution in [0.15, 0.2) is 41.2 Å². The Balaban J connectivity index is 1.46. The number of carbonyl (C=O) groups excluding carboxylic acids is 1. The molecule has 28 heavy (non-hydrogen) atoms. The Kier molecular flexibility index (Phi) is 6.13. The molecule has 0 spiro atoms. The van der Waals surface area contributed by atoms with Crippen LogP contribution in [0.25, 0.3) is 5.69 Å². The third-order valence-corrected chi connectivity index (χ3v) is 4.73. The van der Waals surface area contributed by atoms with Crippen molar-refractivity contribution in [2.24, 2.45) is 0 Å². The lowest BCUT2D eigenvalue weighted by atomic mass is 10.1. The van der Waals surface area contributed by atoms with Crippen LogP contribution in [0.1, 0.15) is 34.6 Å². The number of hydrogen-bond donors (Lipinski definition) is 1. The van der Waals surface area contributed by atoms with Gasteiger partial charge in [0.05, 0.1) is 24.1 Å². The summed E-state index contributed by atoms with van der Waals surface area (Å²) >= 11 is 0. The molecule has 0 aliphatic carbocycles. The molecule has 0 fully saturated rings. The minimum Gasteiger partial charge on any atom is -0.361 e. The quantitative estimate of drug-likeness (QED) is 0.635. The molecular weight excluding hydrogens is 354 g/mol. The van der Waals surface area contributed by atoms with Gasteiger partial charge in [-0.15, -0.1) is 0 Å². The van der Waals surface area contributed by atoms with E-state index in [1.54, 1.807) is 18.1 Å². The molecule has 0 aliphatic heterocycles. The number of hydrogen-bond acceptors (Lipinski definition) is 4. The van der Waals surface area contributed by atoms with Crippen molar-refractivity contribution in [1.29, 1.82) is 0 Å². The summed E-state index contributed by atoms with van der Waals surface area (Å²) in [4.78, 5) is 14.0. The van der Waals surface area contributed by atoms with Gasteiger partial charge in [0, 0.05) is 30.9 Å². The molecule has 2 amide bonds. The van der Waals surface area contributed by atoms with E-state index < -0.39 is 0 Å². The predicted octanol–water partition coefficient (Wildman–Crippen LogP) is 3.56. The Morgan fingerprint density at radius 1 is 1.29 bits per heavy atom. The van der Waals surface area contributed by atoms with E-state index in [1.165, 1.54) is 5.56 Å². The van der Waals surface area contributed by atoms with Crippen LogP contribution in [-0.4, -0.2) is 39.5 Å². The van der Waals surface area contributed by atoms with Gasteiger partial charge in [-0.3, -0.25) is 0 Å². The van der Waals surface area contributed by atoms with E-state index in [9.17, 15) is 4.79 Å². The van der Waals surface area contributed by atoms with E-state index in [-0.39, 0.29) is 6.03 Å². The van der Waals surface area contributed by atoms with Crippen LogP contribution in [0.5, 0.6) is 0 Å². The highest BCUT2D eigenvalue weighted by Gasteiger charge is 2.12. The van der Waals surface area contributed by atoms with Crippen LogP contribution >= 0.6 is 0 Å². The molecule has 148 valence electrons. The highest BCUT2D eigenvalue weighted by atomic mass is 16.5. The van der Waals surface area contributed by atoms with E-state index in [2.05, 4.69) is 34.6 Å². The van der Waals surface area contributed by atoms with Crippen LogP contribution in [-0.2, 0) is 13.0 Å². The molecule has 0 radical (unpaired) electrons. The summed E-state index contributed by atoms with van der Waals surface area (Å²) in [5.74, 6) is 0.853. The maximum absolute atomic E-state index is 12.3. The largest absolute Gasteiger partial charge is 0.361 e. The van der Waals surface area contributed by atoms with Gasteiger partial charge in [-0.1, -0.05) is 17.3 Å². The number of amides is 2. The fraction of sp³-hybridized carbons (Fsp3) is 0.381. The normalized spacial score (nSPS) is 10.9. The third-order valence-electron chi connectivity index (χ3n) is 4.73. The van der Waals surface area contributed by atoms with Crippen LogP contribution in [0.3, 0.4) is 0 Å². The lowest BCUT2D eigenvalue weighted by Gasteiger charge is -2.17. The predicted molar refractivity (Wildman–Crippen MR) is 107 cm³/mol. The molecule has 0 atom stereocenters. The molecule has 3 rings (SSSR count). The van der Waals surface area contributed by atoms with E-state index >= 15 is 0 Å². The number of benzene rings is 1. The molecule has 0 unspecified atom stereocenters. The molecule has 2 aromatic heterocycles. The Hall–Kier alpha value is -3.09. The van der Waals surface area contributed by atoms with Gasteiger partial charge in [-0.05, 0) is 51.3 Å². The maximum Gasteiger partial charge on any atom is 0.317 e. The van der Waals surface area contributed by atoms with Gasteiger partial charge in [0.2, 0.25) is 0 Å². The zero-order valence-electron chi connectivity index (χ0n) is 16.9. The zero-order valence-corrected chi connectivity index (χ0v) is 16.9. The highest BCUT2D eigenvalue weighted by molar-refractivity contribution is 5.73. The fourth-order valence-corrected chi connectivity index (χ4v) is 3.15. The van der Waals surface area contributed by atoms with Crippen molar-refractivity contribution in [1.82, 2.24) is 25.2 Å². The number of urea groups is 1. The van der Waals surface area contributed by atoms with Crippen LogP contribution in [0.4, 0.5) is 4.79 Å². The number of nitrogens with zero attached hydrogens (tertiary/aromatic N) is 4. The SMILES string of the molecule is Cc1cccc(-n2cc(CN(C)C(=O)NCCCc3c(C)noc3C)cn2)c1. The van der Waals surface area contributed by atoms with Crippen molar-refractivity contribution in [3.63, 3.8) is 0 Å². The molecule has 2 heterocycles. The van der Waals surface area contributed by atoms with Gasteiger partial charge in [0.15, 0.2) is 0 Å². The summed E-state index contributed by atoms with van der Waals surface area (Å²) in [5, 5.41) is 11.3. The van der Waals surface area contributed by atoms with Crippen LogP contribution < -0.4 is 5.32 Å². The summed E-state index contributed by atoms with van der Waals surface area (Å²) in [7, 11) is 1.79. The minimum absolute atomic E-state index is 0.0953. The Labute approximate surface area is 165 Å². The first-order chi connectivity index (χ1) is 13.4. The number of carbonyl (C=O) groups is 1. The van der Waals surface area contributed by atoms with Gasteiger partial charge >= 0.3 is 6.03 Å². The summed E-state index contributed by atoms with van der Waals surface area (Å²) in [6.07, 6.45) is 5.43. The van der Waals surface area contributed by atoms with E-state index in [4.69, 9.17) is 4.52 Å². The van der Waals surface area contributed by atoms with Crippen molar-refractivity contribution >= 4 is 6.03 Å². The van der Waals surface area contributed by atoms with Crippen molar-refractivity contribution in [3.8, 4) is 5.69 Å². The van der Waals surface area contributed by atoms with E-state index in [0.29, 0.717) is 13.1 Å². The molecule has 7 heteroatoms. The maximum atomic E-state index is 12.3. The van der Waals surface area contributed by atoms with Gasteiger partial charge in [0.1, 0.15) is 5.76 Å². The summed E-state index contributed by atoms with van der Waals surface area (Å²) < 4.78 is 7.00. The first kappa shape index (κ1) is 19.7. The molecular formula is C21H27N5O2. The summed E-state index contributed by atoms with van der Waals surface area (Å²) in [6.45, 7) is 7.02. The monoisotopic (exact) mass is 381 g/mol. The van der Waals surface area contributed by atoms with Gasteiger partial charge < -0.3 is 14.7 Å². The lowest BCUT2D eigenvalue weighted by Crippen LogP contribution is -2.37. The second-order valence-electron chi connectivity index (χ2n) is 7.13.